The second-order valence-electron chi connectivity index (χ2n) is 4.57. The summed E-state index contributed by atoms with van der Waals surface area (Å²) in [6.07, 6.45) is 2.45. The van der Waals surface area contributed by atoms with Crippen LogP contribution in [-0.4, -0.2) is 35.8 Å². The second-order valence-corrected chi connectivity index (χ2v) is 6.51. The average molecular weight is 298 g/mol. The van der Waals surface area contributed by atoms with Crippen molar-refractivity contribution in [2.75, 3.05) is 13.1 Å². The van der Waals surface area contributed by atoms with Crippen LogP contribution in [0.1, 0.15) is 13.3 Å². The quantitative estimate of drug-likeness (QED) is 0.519. The molecule has 1 aromatic rings. The molecule has 20 heavy (non-hydrogen) atoms. The topological polar surface area (TPSA) is 101 Å². The van der Waals surface area contributed by atoms with Gasteiger partial charge in [-0.3, -0.25) is 10.1 Å². The zero-order valence-electron chi connectivity index (χ0n) is 10.8. The molecule has 0 fully saturated rings. The highest BCUT2D eigenvalue weighted by molar-refractivity contribution is 7.89. The fourth-order valence-electron chi connectivity index (χ4n) is 1.93. The summed E-state index contributed by atoms with van der Waals surface area (Å²) >= 11 is 0. The van der Waals surface area contributed by atoms with Crippen molar-refractivity contribution in [2.45, 2.75) is 18.2 Å². The molecule has 0 unspecified atom stereocenters. The highest BCUT2D eigenvalue weighted by atomic mass is 32.2. The lowest BCUT2D eigenvalue weighted by atomic mass is 10.1. The van der Waals surface area contributed by atoms with E-state index in [4.69, 9.17) is 0 Å². The van der Waals surface area contributed by atoms with Crippen LogP contribution in [0.15, 0.2) is 34.7 Å². The lowest BCUT2D eigenvalue weighted by Gasteiger charge is -2.24. The summed E-state index contributed by atoms with van der Waals surface area (Å²) in [6, 6.07) is 3.08. The number of hydrogen-bond acceptors (Lipinski definition) is 5. The fourth-order valence-corrected chi connectivity index (χ4v) is 3.33. The van der Waals surface area contributed by atoms with E-state index in [1.807, 2.05) is 13.0 Å². The molecule has 1 aliphatic rings. The Kier molecular flexibility index (Phi) is 3.78. The van der Waals surface area contributed by atoms with Crippen LogP contribution >= 0.6 is 0 Å². The van der Waals surface area contributed by atoms with Gasteiger partial charge in [0, 0.05) is 19.2 Å². The van der Waals surface area contributed by atoms with E-state index >= 15 is 0 Å². The third-order valence-electron chi connectivity index (χ3n) is 3.18. The van der Waals surface area contributed by atoms with Crippen LogP contribution in [0.2, 0.25) is 0 Å². The maximum atomic E-state index is 12.4. The molecule has 108 valence electrons. The summed E-state index contributed by atoms with van der Waals surface area (Å²) in [5.41, 5.74) is 0.503. The van der Waals surface area contributed by atoms with Crippen molar-refractivity contribution in [3.8, 4) is 5.75 Å². The maximum Gasteiger partial charge on any atom is 0.312 e. The number of nitrogens with zero attached hydrogens (tertiary/aromatic N) is 2. The average Bonchev–Trinajstić information content (AvgIpc) is 2.39. The van der Waals surface area contributed by atoms with Crippen LogP contribution in [0.3, 0.4) is 0 Å². The number of phenols is 1. The Hall–Kier alpha value is -1.93. The largest absolute Gasteiger partial charge is 0.502 e. The number of hydrogen-bond donors (Lipinski definition) is 1. The Morgan fingerprint density at radius 3 is 2.65 bits per heavy atom. The van der Waals surface area contributed by atoms with Crippen LogP contribution in [0.25, 0.3) is 0 Å². The SMILES string of the molecule is CC1=CCN(S(=O)(=O)c2ccc(O)c([N+](=O)[O-])c2)CC1. The summed E-state index contributed by atoms with van der Waals surface area (Å²) in [5, 5.41) is 20.1. The summed E-state index contributed by atoms with van der Waals surface area (Å²) in [7, 11) is -3.79. The molecule has 1 heterocycles. The molecule has 1 N–H and O–H groups in total. The summed E-state index contributed by atoms with van der Waals surface area (Å²) in [6.45, 7) is 2.53. The van der Waals surface area contributed by atoms with Gasteiger partial charge in [-0.15, -0.1) is 0 Å². The van der Waals surface area contributed by atoms with Crippen molar-refractivity contribution in [3.05, 3.63) is 40.0 Å². The zero-order chi connectivity index (χ0) is 14.9. The Morgan fingerprint density at radius 1 is 1.40 bits per heavy atom. The van der Waals surface area contributed by atoms with E-state index in [0.717, 1.165) is 17.7 Å². The molecule has 1 aromatic carbocycles. The number of nitro groups is 1. The lowest BCUT2D eigenvalue weighted by Crippen LogP contribution is -2.34. The van der Waals surface area contributed by atoms with Gasteiger partial charge in [0.1, 0.15) is 0 Å². The van der Waals surface area contributed by atoms with E-state index in [2.05, 4.69) is 0 Å². The van der Waals surface area contributed by atoms with E-state index < -0.39 is 26.4 Å². The van der Waals surface area contributed by atoms with Gasteiger partial charge in [0.25, 0.3) is 0 Å². The summed E-state index contributed by atoms with van der Waals surface area (Å²) in [5.74, 6) is -0.552. The molecule has 0 saturated heterocycles. The minimum atomic E-state index is -3.79. The number of nitro benzene ring substituents is 1. The predicted octanol–water partition coefficient (Wildman–Crippen LogP) is 1.64. The number of aromatic hydroxyl groups is 1. The van der Waals surface area contributed by atoms with Gasteiger partial charge in [0.05, 0.1) is 9.82 Å². The van der Waals surface area contributed by atoms with Crippen LogP contribution < -0.4 is 0 Å². The van der Waals surface area contributed by atoms with Crippen molar-refractivity contribution >= 4 is 15.7 Å². The Labute approximate surface area is 116 Å². The van der Waals surface area contributed by atoms with Gasteiger partial charge in [0.2, 0.25) is 10.0 Å². The van der Waals surface area contributed by atoms with E-state index in [9.17, 15) is 23.6 Å². The Bertz CT molecular complexity index is 681. The minimum Gasteiger partial charge on any atom is -0.502 e. The second kappa shape index (κ2) is 5.22. The smallest absolute Gasteiger partial charge is 0.312 e. The number of rotatable bonds is 3. The van der Waals surface area contributed by atoms with Crippen molar-refractivity contribution in [2.24, 2.45) is 0 Å². The third-order valence-corrected chi connectivity index (χ3v) is 5.04. The lowest BCUT2D eigenvalue weighted by molar-refractivity contribution is -0.386. The molecule has 0 aromatic heterocycles. The van der Waals surface area contributed by atoms with E-state index in [0.29, 0.717) is 13.0 Å². The molecule has 0 atom stereocenters. The molecule has 7 nitrogen and oxygen atoms in total. The first-order valence-electron chi connectivity index (χ1n) is 5.95. The first-order chi connectivity index (χ1) is 9.32. The van der Waals surface area contributed by atoms with Crippen molar-refractivity contribution in [1.82, 2.24) is 4.31 Å². The Balaban J connectivity index is 2.40. The van der Waals surface area contributed by atoms with E-state index in [1.165, 1.54) is 10.4 Å². The van der Waals surface area contributed by atoms with Gasteiger partial charge in [-0.2, -0.15) is 4.31 Å². The summed E-state index contributed by atoms with van der Waals surface area (Å²) in [4.78, 5) is 9.75. The molecule has 0 spiro atoms. The molecule has 8 heteroatoms. The molecule has 0 amide bonds. The molecular weight excluding hydrogens is 284 g/mol. The van der Waals surface area contributed by atoms with Crippen molar-refractivity contribution in [3.63, 3.8) is 0 Å². The molecule has 0 aliphatic carbocycles. The molecular formula is C12H14N2O5S. The first kappa shape index (κ1) is 14.5. The third kappa shape index (κ3) is 2.66. The van der Waals surface area contributed by atoms with Crippen LogP contribution in [0.4, 0.5) is 5.69 Å². The summed E-state index contributed by atoms with van der Waals surface area (Å²) < 4.78 is 26.0. The van der Waals surface area contributed by atoms with E-state index in [-0.39, 0.29) is 11.4 Å². The van der Waals surface area contributed by atoms with Crippen molar-refractivity contribution in [1.29, 1.82) is 0 Å². The van der Waals surface area contributed by atoms with E-state index in [1.54, 1.807) is 0 Å². The molecule has 2 rings (SSSR count). The maximum absolute atomic E-state index is 12.4. The van der Waals surface area contributed by atoms with Crippen LogP contribution in [0.5, 0.6) is 5.75 Å². The van der Waals surface area contributed by atoms with Gasteiger partial charge < -0.3 is 5.11 Å². The highest BCUT2D eigenvalue weighted by Crippen LogP contribution is 2.30. The Morgan fingerprint density at radius 2 is 2.10 bits per heavy atom. The van der Waals surface area contributed by atoms with Gasteiger partial charge in [-0.1, -0.05) is 11.6 Å². The van der Waals surface area contributed by atoms with Crippen LogP contribution in [-0.2, 0) is 10.0 Å². The fraction of sp³-hybridized carbons (Fsp3) is 0.333. The molecule has 1 aliphatic heterocycles. The molecule has 0 bridgehead atoms. The predicted molar refractivity (Wildman–Crippen MR) is 71.9 cm³/mol. The normalized spacial score (nSPS) is 16.8. The van der Waals surface area contributed by atoms with Crippen LogP contribution in [0, 0.1) is 10.1 Å². The first-order valence-corrected chi connectivity index (χ1v) is 7.39. The number of benzene rings is 1. The van der Waals surface area contributed by atoms with Gasteiger partial charge >= 0.3 is 5.69 Å². The zero-order valence-corrected chi connectivity index (χ0v) is 11.6. The standard InChI is InChI=1S/C12H14N2O5S/c1-9-4-6-13(7-5-9)20(18,19)10-2-3-12(15)11(8-10)14(16)17/h2-4,8,15H,5-7H2,1H3. The van der Waals surface area contributed by atoms with Gasteiger partial charge in [0.15, 0.2) is 5.75 Å². The van der Waals surface area contributed by atoms with Crippen molar-refractivity contribution < 1.29 is 18.4 Å². The number of sulfonamides is 1. The minimum absolute atomic E-state index is 0.185. The van der Waals surface area contributed by atoms with Gasteiger partial charge in [-0.05, 0) is 25.5 Å². The molecule has 0 saturated carbocycles. The van der Waals surface area contributed by atoms with Gasteiger partial charge in [-0.25, -0.2) is 8.42 Å². The number of phenolic OH excluding ortho intramolecular Hbond substituents is 1. The monoisotopic (exact) mass is 298 g/mol. The highest BCUT2D eigenvalue weighted by Gasteiger charge is 2.28. The molecule has 0 radical (unpaired) electrons.